The van der Waals surface area contributed by atoms with E-state index in [2.05, 4.69) is 15.6 Å². The van der Waals surface area contributed by atoms with Crippen molar-refractivity contribution < 1.29 is 23.8 Å². The maximum atomic E-state index is 13.0. The predicted molar refractivity (Wildman–Crippen MR) is 110 cm³/mol. The Balaban J connectivity index is 1.91. The molecule has 0 saturated carbocycles. The molecule has 0 saturated heterocycles. The summed E-state index contributed by atoms with van der Waals surface area (Å²) in [6.45, 7) is 2.65. The Kier molecular flexibility index (Phi) is 6.51. The number of amides is 1. The minimum Gasteiger partial charge on any atom is -0.497 e. The van der Waals surface area contributed by atoms with Crippen LogP contribution in [0.1, 0.15) is 35.3 Å². The minimum atomic E-state index is -0.659. The summed E-state index contributed by atoms with van der Waals surface area (Å²) >= 11 is 0. The van der Waals surface area contributed by atoms with Crippen molar-refractivity contribution in [2.45, 2.75) is 25.9 Å². The number of nitrogens with zero attached hydrogens (tertiary/aromatic N) is 3. The van der Waals surface area contributed by atoms with Gasteiger partial charge in [-0.05, 0) is 37.3 Å². The Bertz CT molecular complexity index is 1060. The molecular weight excluding hydrogens is 388 g/mol. The van der Waals surface area contributed by atoms with E-state index in [1.807, 2.05) is 6.92 Å². The Morgan fingerprint density at radius 3 is 2.57 bits per heavy atom. The summed E-state index contributed by atoms with van der Waals surface area (Å²) in [4.78, 5) is 24.9. The molecular formula is C21H24N4O5. The molecule has 9 nitrogen and oxygen atoms in total. The minimum absolute atomic E-state index is 0.0564. The first-order valence-corrected chi connectivity index (χ1v) is 9.43. The zero-order valence-electron chi connectivity index (χ0n) is 17.3. The average molecular weight is 412 g/mol. The number of hydrogen-bond acceptors (Lipinski definition) is 7. The monoisotopic (exact) mass is 412 g/mol. The molecule has 3 rings (SSSR count). The largest absolute Gasteiger partial charge is 0.497 e. The fraction of sp³-hybridized carbons (Fsp3) is 0.333. The second-order valence-corrected chi connectivity index (χ2v) is 6.52. The quantitative estimate of drug-likeness (QED) is 0.567. The number of ether oxygens (including phenoxy) is 3. The fourth-order valence-electron chi connectivity index (χ4n) is 3.18. The van der Waals surface area contributed by atoms with E-state index in [9.17, 15) is 9.59 Å². The van der Waals surface area contributed by atoms with Gasteiger partial charge >= 0.3 is 5.97 Å². The van der Waals surface area contributed by atoms with Gasteiger partial charge in [0.15, 0.2) is 0 Å². The summed E-state index contributed by atoms with van der Waals surface area (Å²) in [7, 11) is 4.37. The number of fused-ring (bicyclic) bond motifs is 1. The number of methoxy groups -OCH3 is 3. The van der Waals surface area contributed by atoms with Gasteiger partial charge in [0, 0.05) is 23.7 Å². The summed E-state index contributed by atoms with van der Waals surface area (Å²) in [5.74, 6) is 0.280. The normalized spacial score (nSPS) is 11.7. The summed E-state index contributed by atoms with van der Waals surface area (Å²) < 4.78 is 17.2. The topological polar surface area (TPSA) is 105 Å². The Morgan fingerprint density at radius 2 is 1.90 bits per heavy atom. The first-order chi connectivity index (χ1) is 14.5. The molecule has 1 aromatic heterocycles. The van der Waals surface area contributed by atoms with Crippen LogP contribution in [0.25, 0.3) is 11.0 Å². The van der Waals surface area contributed by atoms with Crippen LogP contribution < -0.4 is 14.8 Å². The molecule has 0 unspecified atom stereocenters. The van der Waals surface area contributed by atoms with Crippen molar-refractivity contribution in [2.24, 2.45) is 0 Å². The first-order valence-electron chi connectivity index (χ1n) is 9.43. The maximum Gasteiger partial charge on any atom is 0.307 e. The molecule has 3 aromatic rings. The van der Waals surface area contributed by atoms with Gasteiger partial charge in [-0.25, -0.2) is 4.68 Å². The molecule has 2 aromatic carbocycles. The van der Waals surface area contributed by atoms with Gasteiger partial charge in [-0.15, -0.1) is 5.10 Å². The molecule has 1 N–H and O–H groups in total. The van der Waals surface area contributed by atoms with Crippen LogP contribution in [0.5, 0.6) is 11.5 Å². The van der Waals surface area contributed by atoms with E-state index in [4.69, 9.17) is 14.2 Å². The Labute approximate surface area is 173 Å². The summed E-state index contributed by atoms with van der Waals surface area (Å²) in [6, 6.07) is 9.70. The van der Waals surface area contributed by atoms with Crippen molar-refractivity contribution in [3.63, 3.8) is 0 Å². The second-order valence-electron chi connectivity index (χ2n) is 6.52. The molecule has 0 aliphatic rings. The summed E-state index contributed by atoms with van der Waals surface area (Å²) in [5.41, 5.74) is 2.51. The molecule has 0 aliphatic heterocycles. The average Bonchev–Trinajstić information content (AvgIpc) is 3.20. The van der Waals surface area contributed by atoms with E-state index < -0.39 is 12.0 Å². The molecule has 1 amide bonds. The summed E-state index contributed by atoms with van der Waals surface area (Å²) in [5, 5.41) is 11.1. The van der Waals surface area contributed by atoms with Crippen molar-refractivity contribution >= 4 is 22.9 Å². The number of carbonyl (C=O) groups is 2. The molecule has 1 atom stereocenters. The van der Waals surface area contributed by atoms with E-state index >= 15 is 0 Å². The van der Waals surface area contributed by atoms with Gasteiger partial charge in [-0.1, -0.05) is 5.21 Å². The Hall–Kier alpha value is -3.62. The van der Waals surface area contributed by atoms with Crippen molar-refractivity contribution in [2.75, 3.05) is 21.3 Å². The number of nitrogens with one attached hydrogen (secondary N) is 1. The molecule has 30 heavy (non-hydrogen) atoms. The van der Waals surface area contributed by atoms with Gasteiger partial charge < -0.3 is 19.5 Å². The van der Waals surface area contributed by atoms with Crippen LogP contribution in [0.3, 0.4) is 0 Å². The zero-order chi connectivity index (χ0) is 21.7. The maximum absolute atomic E-state index is 13.0. The third-order valence-corrected chi connectivity index (χ3v) is 4.80. The molecule has 1 heterocycles. The van der Waals surface area contributed by atoms with Crippen LogP contribution in [0.4, 0.5) is 0 Å². The summed E-state index contributed by atoms with van der Waals surface area (Å²) in [6.07, 6.45) is -0.0564. The van der Waals surface area contributed by atoms with Gasteiger partial charge in [0.2, 0.25) is 0 Å². The second kappa shape index (κ2) is 9.25. The highest BCUT2D eigenvalue weighted by atomic mass is 16.5. The van der Waals surface area contributed by atoms with Gasteiger partial charge in [0.1, 0.15) is 17.0 Å². The number of benzene rings is 2. The van der Waals surface area contributed by atoms with Crippen LogP contribution in [0, 0.1) is 0 Å². The smallest absolute Gasteiger partial charge is 0.307 e. The number of rotatable bonds is 8. The van der Waals surface area contributed by atoms with Crippen LogP contribution in [0.2, 0.25) is 0 Å². The lowest BCUT2D eigenvalue weighted by Crippen LogP contribution is -2.30. The highest BCUT2D eigenvalue weighted by Gasteiger charge is 2.23. The third kappa shape index (κ3) is 4.35. The van der Waals surface area contributed by atoms with Crippen LogP contribution in [-0.2, 0) is 16.1 Å². The molecule has 0 spiro atoms. The first kappa shape index (κ1) is 21.1. The highest BCUT2D eigenvalue weighted by Crippen LogP contribution is 2.31. The predicted octanol–water partition coefficient (Wildman–Crippen LogP) is 2.50. The van der Waals surface area contributed by atoms with Gasteiger partial charge in [-0.2, -0.15) is 0 Å². The molecule has 9 heteroatoms. The molecule has 0 bridgehead atoms. The standard InChI is InChI=1S/C21H24N4O5/c1-5-25-18-9-6-13(10-17(18)23-24-25)21(27)22-16(12-20(26)30-4)15-8-7-14(28-2)11-19(15)29-3/h6-11,16H,5,12H2,1-4H3,(H,22,27)/t16-/m1/s1. The molecule has 0 fully saturated rings. The zero-order valence-corrected chi connectivity index (χ0v) is 17.3. The van der Waals surface area contributed by atoms with E-state index in [1.165, 1.54) is 14.2 Å². The van der Waals surface area contributed by atoms with E-state index in [-0.39, 0.29) is 12.3 Å². The number of esters is 1. The van der Waals surface area contributed by atoms with Crippen LogP contribution in [0.15, 0.2) is 36.4 Å². The number of hydrogen-bond donors (Lipinski definition) is 1. The van der Waals surface area contributed by atoms with Crippen molar-refractivity contribution in [1.29, 1.82) is 0 Å². The fourth-order valence-corrected chi connectivity index (χ4v) is 3.18. The number of aryl methyl sites for hydroxylation is 1. The highest BCUT2D eigenvalue weighted by molar-refractivity contribution is 5.97. The lowest BCUT2D eigenvalue weighted by Gasteiger charge is -2.21. The third-order valence-electron chi connectivity index (χ3n) is 4.80. The van der Waals surface area contributed by atoms with Crippen LogP contribution >= 0.6 is 0 Å². The van der Waals surface area contributed by atoms with Crippen molar-refractivity contribution in [1.82, 2.24) is 20.3 Å². The molecule has 158 valence electrons. The van der Waals surface area contributed by atoms with E-state index in [0.29, 0.717) is 34.7 Å². The number of carbonyl (C=O) groups excluding carboxylic acids is 2. The lowest BCUT2D eigenvalue weighted by atomic mass is 10.0. The number of aromatic nitrogens is 3. The van der Waals surface area contributed by atoms with Crippen molar-refractivity contribution in [3.05, 3.63) is 47.5 Å². The van der Waals surface area contributed by atoms with Gasteiger partial charge in [0.25, 0.3) is 5.91 Å². The van der Waals surface area contributed by atoms with Gasteiger partial charge in [0.05, 0.1) is 39.3 Å². The SMILES string of the molecule is CCn1nnc2cc(C(=O)N[C@H](CC(=O)OC)c3ccc(OC)cc3OC)ccc21. The van der Waals surface area contributed by atoms with E-state index in [0.717, 1.165) is 5.52 Å². The van der Waals surface area contributed by atoms with Crippen LogP contribution in [-0.4, -0.2) is 48.2 Å². The molecule has 0 aliphatic carbocycles. The van der Waals surface area contributed by atoms with Gasteiger partial charge in [-0.3, -0.25) is 9.59 Å². The Morgan fingerprint density at radius 1 is 1.10 bits per heavy atom. The van der Waals surface area contributed by atoms with E-state index in [1.54, 1.807) is 48.2 Å². The molecule has 0 radical (unpaired) electrons. The van der Waals surface area contributed by atoms with Crippen molar-refractivity contribution in [3.8, 4) is 11.5 Å². The lowest BCUT2D eigenvalue weighted by molar-refractivity contribution is -0.141.